The molecule has 7 aromatic rings. The van der Waals surface area contributed by atoms with Crippen LogP contribution in [0.25, 0.3) is 15.2 Å². The molecule has 2 atom stereocenters. The van der Waals surface area contributed by atoms with Crippen molar-refractivity contribution in [2.24, 2.45) is 5.92 Å². The number of aryl methyl sites for hydroxylation is 1. The Morgan fingerprint density at radius 1 is 0.844 bits per heavy atom. The summed E-state index contributed by atoms with van der Waals surface area (Å²) in [4.78, 5) is 47.4. The van der Waals surface area contributed by atoms with Gasteiger partial charge >= 0.3 is 20.0 Å². The van der Waals surface area contributed by atoms with Crippen LogP contribution in [0.2, 0.25) is 5.04 Å². The number of nitrogens with zero attached hydrogens (tertiary/aromatic N) is 5. The summed E-state index contributed by atoms with van der Waals surface area (Å²) in [5, 5.41) is 10.5. The van der Waals surface area contributed by atoms with Gasteiger partial charge in [0.05, 0.1) is 51.3 Å². The number of benzene rings is 4. The van der Waals surface area contributed by atoms with Crippen molar-refractivity contribution in [1.29, 1.82) is 0 Å². The smallest absolute Gasteiger partial charge is 0.333 e. The highest BCUT2D eigenvalue weighted by atomic mass is 32.1. The second-order valence-corrected chi connectivity index (χ2v) is 22.7. The third-order valence-corrected chi connectivity index (χ3v) is 17.7. The monoisotopic (exact) mass is 903 g/mol. The lowest BCUT2D eigenvalue weighted by molar-refractivity contribution is -0.144. The van der Waals surface area contributed by atoms with Crippen LogP contribution >= 0.6 is 11.3 Å². The van der Waals surface area contributed by atoms with Gasteiger partial charge in [0, 0.05) is 17.0 Å². The molecule has 0 bridgehead atoms. The Bertz CT molecular complexity index is 2790. The molecule has 3 aromatic heterocycles. The number of aromatic nitrogens is 5. The van der Waals surface area contributed by atoms with Crippen LogP contribution in [0.15, 0.2) is 131 Å². The first-order valence-electron chi connectivity index (χ1n) is 21.2. The zero-order valence-corrected chi connectivity index (χ0v) is 39.2. The van der Waals surface area contributed by atoms with Crippen LogP contribution in [-0.4, -0.2) is 58.7 Å². The van der Waals surface area contributed by atoms with Gasteiger partial charge in [-0.15, -0.1) is 4.80 Å². The van der Waals surface area contributed by atoms with E-state index in [0.29, 0.717) is 39.9 Å². The van der Waals surface area contributed by atoms with E-state index in [4.69, 9.17) is 18.6 Å². The van der Waals surface area contributed by atoms with E-state index < -0.39 is 48.0 Å². The fourth-order valence-corrected chi connectivity index (χ4v) is 13.8. The van der Waals surface area contributed by atoms with Crippen LogP contribution in [0.5, 0.6) is 5.75 Å². The summed E-state index contributed by atoms with van der Waals surface area (Å²) < 4.78 is 42.9. The van der Waals surface area contributed by atoms with Crippen LogP contribution in [0, 0.1) is 18.7 Å². The molecule has 0 aliphatic carbocycles. The SMILES string of the molecule is COc1ccc(F)cc1[C@H](Cn1c(=O)n(C(C)(C)C(=O)O[Si](c2ccccc2)(c2ccccc2)C(C)(C)C)c(=O)c2c(C)c(-n3nccn3)sc21)OCC(C)COCc1ccccc1. The van der Waals surface area contributed by atoms with E-state index >= 15 is 18.8 Å². The van der Waals surface area contributed by atoms with Crippen molar-refractivity contribution in [2.75, 3.05) is 20.3 Å². The Morgan fingerprint density at radius 3 is 2.02 bits per heavy atom. The molecule has 4 aromatic carbocycles. The van der Waals surface area contributed by atoms with Crippen LogP contribution < -0.4 is 26.4 Å². The highest BCUT2D eigenvalue weighted by Gasteiger charge is 2.55. The van der Waals surface area contributed by atoms with Crippen LogP contribution in [0.3, 0.4) is 0 Å². The topological polar surface area (TPSA) is 129 Å². The van der Waals surface area contributed by atoms with E-state index in [1.54, 1.807) is 6.92 Å². The summed E-state index contributed by atoms with van der Waals surface area (Å²) in [5.74, 6) is -1.06. The van der Waals surface area contributed by atoms with Gasteiger partial charge in [-0.05, 0) is 59.9 Å². The molecule has 7 rings (SSSR count). The number of hydrogen-bond donors (Lipinski definition) is 0. The Hall–Kier alpha value is -6.00. The lowest BCUT2D eigenvalue weighted by Gasteiger charge is -2.43. The average molecular weight is 904 g/mol. The summed E-state index contributed by atoms with van der Waals surface area (Å²) in [6.07, 6.45) is 2.06. The molecule has 64 heavy (non-hydrogen) atoms. The van der Waals surface area contributed by atoms with Gasteiger partial charge in [-0.25, -0.2) is 13.8 Å². The minimum atomic E-state index is -3.51. The van der Waals surface area contributed by atoms with Crippen molar-refractivity contribution >= 4 is 46.2 Å². The van der Waals surface area contributed by atoms with Gasteiger partial charge in [-0.2, -0.15) is 10.2 Å². The van der Waals surface area contributed by atoms with Crippen LogP contribution in [0.1, 0.15) is 64.3 Å². The third-order valence-electron chi connectivity index (χ3n) is 11.5. The van der Waals surface area contributed by atoms with Crippen molar-refractivity contribution in [3.05, 3.63) is 165 Å². The van der Waals surface area contributed by atoms with Crippen molar-refractivity contribution in [3.63, 3.8) is 0 Å². The van der Waals surface area contributed by atoms with Gasteiger partial charge in [0.25, 0.3) is 5.56 Å². The maximum atomic E-state index is 15.4. The quantitative estimate of drug-likeness (QED) is 0.0845. The minimum absolute atomic E-state index is 0.117. The first kappa shape index (κ1) is 46.0. The summed E-state index contributed by atoms with van der Waals surface area (Å²) in [6.45, 7) is 13.7. The zero-order valence-electron chi connectivity index (χ0n) is 37.4. The summed E-state index contributed by atoms with van der Waals surface area (Å²) >= 11 is 1.15. The number of methoxy groups -OCH3 is 1. The van der Waals surface area contributed by atoms with Crippen molar-refractivity contribution in [2.45, 2.75) is 78.3 Å². The fourth-order valence-electron chi connectivity index (χ4n) is 8.15. The molecule has 0 fully saturated rings. The van der Waals surface area contributed by atoms with Crippen molar-refractivity contribution in [3.8, 4) is 10.8 Å². The second-order valence-electron chi connectivity index (χ2n) is 17.5. The van der Waals surface area contributed by atoms with Gasteiger partial charge in [-0.3, -0.25) is 14.2 Å². The first-order valence-corrected chi connectivity index (χ1v) is 23.9. The predicted octanol–water partition coefficient (Wildman–Crippen LogP) is 7.71. The molecule has 15 heteroatoms. The van der Waals surface area contributed by atoms with E-state index in [1.807, 2.05) is 119 Å². The van der Waals surface area contributed by atoms with E-state index in [1.165, 1.54) is 60.9 Å². The second kappa shape index (κ2) is 19.0. The number of rotatable bonds is 17. The number of thiophene rings is 1. The molecule has 0 N–H and O–H groups in total. The fraction of sp³-hybridized carbons (Fsp3) is 0.327. The lowest BCUT2D eigenvalue weighted by atomic mass is 10.1. The highest BCUT2D eigenvalue weighted by Crippen LogP contribution is 2.39. The molecule has 12 nitrogen and oxygen atoms in total. The molecule has 0 amide bonds. The highest BCUT2D eigenvalue weighted by molar-refractivity contribution is 7.21. The molecular formula is C49H54FN5O7SSi. The van der Waals surface area contributed by atoms with Gasteiger partial charge in [0.1, 0.15) is 33.0 Å². The molecule has 0 aliphatic heterocycles. The van der Waals surface area contributed by atoms with E-state index in [-0.39, 0.29) is 24.5 Å². The number of carbonyl (C=O) groups excluding carboxylic acids is 1. The minimum Gasteiger partial charge on any atom is -0.508 e. The van der Waals surface area contributed by atoms with Crippen molar-refractivity contribution in [1.82, 2.24) is 24.1 Å². The third kappa shape index (κ3) is 9.02. The maximum absolute atomic E-state index is 15.4. The molecule has 0 aliphatic rings. The largest absolute Gasteiger partial charge is 0.508 e. The molecule has 3 heterocycles. The predicted molar refractivity (Wildman–Crippen MR) is 250 cm³/mol. The Morgan fingerprint density at radius 2 is 1.44 bits per heavy atom. The van der Waals surface area contributed by atoms with Gasteiger partial charge in [-0.1, -0.05) is 130 Å². The molecular weight excluding hydrogens is 850 g/mol. The Balaban J connectivity index is 1.36. The van der Waals surface area contributed by atoms with E-state index in [0.717, 1.165) is 31.8 Å². The molecule has 0 spiro atoms. The molecule has 334 valence electrons. The Kier molecular flexibility index (Phi) is 13.7. The van der Waals surface area contributed by atoms with Crippen LogP contribution in [-0.2, 0) is 37.4 Å². The zero-order chi connectivity index (χ0) is 45.8. The maximum Gasteiger partial charge on any atom is 0.333 e. The Labute approximate surface area is 377 Å². The van der Waals surface area contributed by atoms with Crippen LogP contribution in [0.4, 0.5) is 4.39 Å². The van der Waals surface area contributed by atoms with Gasteiger partial charge < -0.3 is 18.6 Å². The molecule has 0 saturated heterocycles. The normalized spacial score (nSPS) is 13.2. The molecule has 0 radical (unpaired) electrons. The summed E-state index contributed by atoms with van der Waals surface area (Å²) in [6, 6.07) is 33.3. The number of carbonyl (C=O) groups is 1. The van der Waals surface area contributed by atoms with Crippen molar-refractivity contribution < 1.29 is 27.8 Å². The van der Waals surface area contributed by atoms with E-state index in [9.17, 15) is 0 Å². The van der Waals surface area contributed by atoms with Gasteiger partial charge in [0.2, 0.25) is 0 Å². The molecule has 0 saturated carbocycles. The summed E-state index contributed by atoms with van der Waals surface area (Å²) in [7, 11) is -2.03. The average Bonchev–Trinajstić information content (AvgIpc) is 3.94. The lowest BCUT2D eigenvalue weighted by Crippen LogP contribution is -2.69. The number of fused-ring (bicyclic) bond motifs is 1. The van der Waals surface area contributed by atoms with E-state index in [2.05, 4.69) is 10.2 Å². The standard InChI is InChI=1S/C49H54FN5O7SSi/c1-33(30-60-32-35-18-12-9-13-19-35)31-61-41(39-28-36(50)24-25-40(39)59-8)29-53-45-42(34(2)44(63-45)55-51-26-27-52-55)43(56)54(47(53)58)49(6,7)46(57)62-64(48(3,4)5,37-20-14-10-15-21-37)38-22-16-11-17-23-38/h9-28,33,41H,29-32H2,1-8H3/t33?,41-/m0/s1. The number of ether oxygens (including phenoxy) is 3. The van der Waals surface area contributed by atoms with Gasteiger partial charge in [0.15, 0.2) is 0 Å². The summed E-state index contributed by atoms with van der Waals surface area (Å²) in [5.41, 5.74) is -1.43. The molecule has 1 unspecified atom stereocenters. The number of hydrogen-bond acceptors (Lipinski definition) is 10. The number of halogens is 1. The first-order chi connectivity index (χ1) is 30.6.